The first-order chi connectivity index (χ1) is 15.3. The third-order valence-electron chi connectivity index (χ3n) is 3.95. The number of carbonyl (C=O) groups is 4. The lowest BCUT2D eigenvalue weighted by atomic mass is 10.1. The fraction of sp³-hybridized carbons (Fsp3) is 0.0833. The lowest BCUT2D eigenvalue weighted by Crippen LogP contribution is -2.11. The van der Waals surface area contributed by atoms with Gasteiger partial charge in [-0.15, -0.1) is 0 Å². The summed E-state index contributed by atoms with van der Waals surface area (Å²) >= 11 is 0. The monoisotopic (exact) mass is 434 g/mol. The number of ether oxygens (including phenoxy) is 4. The van der Waals surface area contributed by atoms with Crippen LogP contribution in [0.2, 0.25) is 0 Å². The van der Waals surface area contributed by atoms with E-state index in [2.05, 4.69) is 0 Å². The maximum atomic E-state index is 12.3. The third-order valence-corrected chi connectivity index (χ3v) is 3.95. The molecule has 162 valence electrons. The summed E-state index contributed by atoms with van der Waals surface area (Å²) in [6, 6.07) is 17.7. The zero-order chi connectivity index (χ0) is 23.1. The van der Waals surface area contributed by atoms with Crippen molar-refractivity contribution >= 4 is 23.9 Å². The Morgan fingerprint density at radius 1 is 0.438 bits per heavy atom. The Kier molecular flexibility index (Phi) is 6.97. The maximum Gasteiger partial charge on any atom is 0.343 e. The average Bonchev–Trinajstić information content (AvgIpc) is 2.76. The van der Waals surface area contributed by atoms with E-state index < -0.39 is 23.9 Å². The van der Waals surface area contributed by atoms with Crippen molar-refractivity contribution in [2.24, 2.45) is 0 Å². The molecule has 0 N–H and O–H groups in total. The van der Waals surface area contributed by atoms with Gasteiger partial charge in [-0.25, -0.2) is 9.59 Å². The molecule has 0 spiro atoms. The highest BCUT2D eigenvalue weighted by Gasteiger charge is 2.13. The van der Waals surface area contributed by atoms with E-state index >= 15 is 0 Å². The van der Waals surface area contributed by atoms with E-state index in [-0.39, 0.29) is 22.6 Å². The largest absolute Gasteiger partial charge is 0.427 e. The number of carbonyl (C=O) groups excluding carboxylic acids is 4. The van der Waals surface area contributed by atoms with E-state index in [0.717, 1.165) is 0 Å². The minimum absolute atomic E-state index is 0.233. The van der Waals surface area contributed by atoms with Gasteiger partial charge in [-0.3, -0.25) is 9.59 Å². The van der Waals surface area contributed by atoms with Gasteiger partial charge in [0.2, 0.25) is 0 Å². The summed E-state index contributed by atoms with van der Waals surface area (Å²) < 4.78 is 20.4. The number of hydrogen-bond donors (Lipinski definition) is 0. The predicted octanol–water partition coefficient (Wildman–Crippen LogP) is 3.98. The normalized spacial score (nSPS) is 10.1. The summed E-state index contributed by atoms with van der Waals surface area (Å²) in [5.41, 5.74) is 0.465. The van der Waals surface area contributed by atoms with E-state index in [9.17, 15) is 19.2 Å². The predicted molar refractivity (Wildman–Crippen MR) is 112 cm³/mol. The second kappa shape index (κ2) is 10.0. The minimum Gasteiger partial charge on any atom is -0.427 e. The highest BCUT2D eigenvalue weighted by molar-refractivity contribution is 5.94. The SMILES string of the molecule is CC(=O)Oc1ccc(OC(=O)c2ccc(C(=O)Oc3ccc(OC(C)=O)cc3)cc2)cc1. The Morgan fingerprint density at radius 3 is 0.938 bits per heavy atom. The Bertz CT molecular complexity index is 1040. The van der Waals surface area contributed by atoms with Crippen LogP contribution in [0.4, 0.5) is 0 Å². The summed E-state index contributed by atoms with van der Waals surface area (Å²) in [6.45, 7) is 2.57. The van der Waals surface area contributed by atoms with E-state index in [1.54, 1.807) is 0 Å². The zero-order valence-electron chi connectivity index (χ0n) is 17.2. The molecule has 3 aromatic carbocycles. The van der Waals surface area contributed by atoms with Crippen molar-refractivity contribution in [3.05, 3.63) is 83.9 Å². The number of hydrogen-bond acceptors (Lipinski definition) is 8. The molecule has 0 heterocycles. The van der Waals surface area contributed by atoms with Gasteiger partial charge in [0, 0.05) is 13.8 Å². The van der Waals surface area contributed by atoms with Gasteiger partial charge in [0.15, 0.2) is 0 Å². The molecule has 0 saturated heterocycles. The lowest BCUT2D eigenvalue weighted by molar-refractivity contribution is -0.132. The van der Waals surface area contributed by atoms with Crippen molar-refractivity contribution in [2.45, 2.75) is 13.8 Å². The molecule has 0 atom stereocenters. The highest BCUT2D eigenvalue weighted by atomic mass is 16.5. The summed E-state index contributed by atoms with van der Waals surface area (Å²) in [5.74, 6) is -0.933. The third kappa shape index (κ3) is 6.27. The first kappa shape index (κ1) is 22.2. The Hall–Kier alpha value is -4.46. The van der Waals surface area contributed by atoms with Crippen molar-refractivity contribution < 1.29 is 38.1 Å². The van der Waals surface area contributed by atoms with Crippen LogP contribution >= 0.6 is 0 Å². The van der Waals surface area contributed by atoms with E-state index in [1.165, 1.54) is 86.6 Å². The van der Waals surface area contributed by atoms with Crippen molar-refractivity contribution in [2.75, 3.05) is 0 Å². The second-order valence-electron chi connectivity index (χ2n) is 6.49. The molecule has 0 fully saturated rings. The molecule has 32 heavy (non-hydrogen) atoms. The van der Waals surface area contributed by atoms with Crippen molar-refractivity contribution in [3.8, 4) is 23.0 Å². The van der Waals surface area contributed by atoms with E-state index in [1.807, 2.05) is 0 Å². The topological polar surface area (TPSA) is 105 Å². The maximum absolute atomic E-state index is 12.3. The zero-order valence-corrected chi connectivity index (χ0v) is 17.2. The van der Waals surface area contributed by atoms with Gasteiger partial charge in [0.25, 0.3) is 0 Å². The van der Waals surface area contributed by atoms with Gasteiger partial charge in [0.1, 0.15) is 23.0 Å². The molecule has 3 rings (SSSR count). The molecule has 8 heteroatoms. The van der Waals surface area contributed by atoms with Crippen LogP contribution in [-0.4, -0.2) is 23.9 Å². The van der Waals surface area contributed by atoms with Crippen LogP contribution in [0, 0.1) is 0 Å². The molecular formula is C24H18O8. The van der Waals surface area contributed by atoms with Gasteiger partial charge >= 0.3 is 23.9 Å². The summed E-state index contributed by atoms with van der Waals surface area (Å²) in [4.78, 5) is 46.5. The van der Waals surface area contributed by atoms with Gasteiger partial charge < -0.3 is 18.9 Å². The Labute approximate surface area is 183 Å². The van der Waals surface area contributed by atoms with Crippen LogP contribution in [0.1, 0.15) is 34.6 Å². The lowest BCUT2D eigenvalue weighted by Gasteiger charge is -2.07. The molecule has 0 unspecified atom stereocenters. The molecule has 0 bridgehead atoms. The molecule has 8 nitrogen and oxygen atoms in total. The van der Waals surface area contributed by atoms with Crippen molar-refractivity contribution in [3.63, 3.8) is 0 Å². The quantitative estimate of drug-likeness (QED) is 0.424. The summed E-state index contributed by atoms with van der Waals surface area (Å²) in [7, 11) is 0. The molecular weight excluding hydrogens is 416 g/mol. The smallest absolute Gasteiger partial charge is 0.343 e. The second-order valence-corrected chi connectivity index (χ2v) is 6.49. The van der Waals surface area contributed by atoms with Gasteiger partial charge in [-0.1, -0.05) is 0 Å². The van der Waals surface area contributed by atoms with Crippen LogP contribution < -0.4 is 18.9 Å². The van der Waals surface area contributed by atoms with Crippen LogP contribution in [0.25, 0.3) is 0 Å². The number of rotatable bonds is 6. The molecule has 3 aromatic rings. The average molecular weight is 434 g/mol. The molecule has 0 aliphatic heterocycles. The van der Waals surface area contributed by atoms with Crippen molar-refractivity contribution in [1.29, 1.82) is 0 Å². The molecule has 0 saturated carbocycles. The van der Waals surface area contributed by atoms with E-state index in [4.69, 9.17) is 18.9 Å². The Morgan fingerprint density at radius 2 is 0.688 bits per heavy atom. The molecule has 0 amide bonds. The Balaban J connectivity index is 1.58. The molecule has 0 aromatic heterocycles. The number of esters is 4. The fourth-order valence-electron chi connectivity index (χ4n) is 2.56. The number of benzene rings is 3. The standard InChI is InChI=1S/C24H18O8/c1-15(25)29-19-7-11-21(12-8-19)31-23(27)17-3-5-18(6-4-17)24(28)32-22-13-9-20(10-14-22)30-16(2)26/h3-14H,1-2H3. The van der Waals surface area contributed by atoms with Crippen LogP contribution in [-0.2, 0) is 9.59 Å². The first-order valence-electron chi connectivity index (χ1n) is 9.41. The first-order valence-corrected chi connectivity index (χ1v) is 9.41. The molecule has 0 radical (unpaired) electrons. The van der Waals surface area contributed by atoms with Crippen molar-refractivity contribution in [1.82, 2.24) is 0 Å². The van der Waals surface area contributed by atoms with Crippen LogP contribution in [0.3, 0.4) is 0 Å². The molecule has 0 aliphatic carbocycles. The van der Waals surface area contributed by atoms with Gasteiger partial charge in [0.05, 0.1) is 11.1 Å². The van der Waals surface area contributed by atoms with Crippen LogP contribution in [0.15, 0.2) is 72.8 Å². The highest BCUT2D eigenvalue weighted by Crippen LogP contribution is 2.21. The summed E-state index contributed by atoms with van der Waals surface area (Å²) in [6.07, 6.45) is 0. The molecule has 0 aliphatic rings. The van der Waals surface area contributed by atoms with E-state index in [0.29, 0.717) is 11.5 Å². The fourth-order valence-corrected chi connectivity index (χ4v) is 2.56. The van der Waals surface area contributed by atoms with Crippen LogP contribution in [0.5, 0.6) is 23.0 Å². The summed E-state index contributed by atoms with van der Waals surface area (Å²) in [5, 5.41) is 0. The van der Waals surface area contributed by atoms with Gasteiger partial charge in [-0.05, 0) is 72.8 Å². The minimum atomic E-state index is -0.619. The van der Waals surface area contributed by atoms with Gasteiger partial charge in [-0.2, -0.15) is 0 Å².